The quantitative estimate of drug-likeness (QED) is 0.326. The highest BCUT2D eigenvalue weighted by Gasteiger charge is 2.38. The van der Waals surface area contributed by atoms with E-state index in [9.17, 15) is 0 Å². The zero-order valence-electron chi connectivity index (χ0n) is 23.0. The van der Waals surface area contributed by atoms with Gasteiger partial charge >= 0.3 is 0 Å². The number of hydrogen-bond donors (Lipinski definition) is 1. The number of rotatable bonds is 4. The number of aryl methyl sites for hydroxylation is 1. The van der Waals surface area contributed by atoms with Crippen LogP contribution in [0, 0.1) is 12.7 Å². The first-order valence-electron chi connectivity index (χ1n) is 14.2. The SMILES string of the molecule is Cc1cc(-c2ccccc2)nc2c(F)c(-c3nc(C4CC(N5CCCN(C)CC5)C4)n4ccnc(N)c34)ccc12. The number of benzene rings is 2. The van der Waals surface area contributed by atoms with E-state index in [1.807, 2.05) is 66.1 Å². The van der Waals surface area contributed by atoms with Crippen LogP contribution in [0.4, 0.5) is 10.2 Å². The molecule has 1 saturated heterocycles. The summed E-state index contributed by atoms with van der Waals surface area (Å²) in [5.74, 6) is 1.20. The van der Waals surface area contributed by atoms with Gasteiger partial charge < -0.3 is 10.6 Å². The van der Waals surface area contributed by atoms with Gasteiger partial charge in [-0.15, -0.1) is 0 Å². The van der Waals surface area contributed by atoms with Crippen LogP contribution in [0.25, 0.3) is 38.9 Å². The maximum atomic E-state index is 16.4. The van der Waals surface area contributed by atoms with Crippen LogP contribution in [-0.2, 0) is 0 Å². The van der Waals surface area contributed by atoms with Crippen molar-refractivity contribution in [2.75, 3.05) is 39.0 Å². The van der Waals surface area contributed by atoms with Gasteiger partial charge in [0.15, 0.2) is 5.82 Å². The molecular weight excluding hydrogens is 501 g/mol. The van der Waals surface area contributed by atoms with Gasteiger partial charge in [0, 0.05) is 54.0 Å². The van der Waals surface area contributed by atoms with Crippen molar-refractivity contribution in [3.63, 3.8) is 0 Å². The number of pyridine rings is 1. The Hall–Kier alpha value is -3.88. The summed E-state index contributed by atoms with van der Waals surface area (Å²) in [6, 6.07) is 16.2. The summed E-state index contributed by atoms with van der Waals surface area (Å²) in [6.45, 7) is 6.52. The molecule has 1 aliphatic heterocycles. The fraction of sp³-hybridized carbons (Fsp3) is 0.344. The number of imidazole rings is 1. The van der Waals surface area contributed by atoms with Crippen LogP contribution in [0.1, 0.15) is 36.6 Å². The first-order chi connectivity index (χ1) is 19.5. The van der Waals surface area contributed by atoms with Gasteiger partial charge in [-0.05, 0) is 64.0 Å². The van der Waals surface area contributed by atoms with Crippen molar-refractivity contribution in [2.24, 2.45) is 0 Å². The largest absolute Gasteiger partial charge is 0.382 e. The Kier molecular flexibility index (Phi) is 6.24. The van der Waals surface area contributed by atoms with Gasteiger partial charge in [0.05, 0.1) is 5.69 Å². The molecule has 5 aromatic rings. The van der Waals surface area contributed by atoms with Gasteiger partial charge in [-0.2, -0.15) is 0 Å². The van der Waals surface area contributed by atoms with Crippen LogP contribution in [0.5, 0.6) is 0 Å². The molecule has 1 saturated carbocycles. The van der Waals surface area contributed by atoms with Gasteiger partial charge in [0.2, 0.25) is 0 Å². The highest BCUT2D eigenvalue weighted by atomic mass is 19.1. The molecule has 0 bridgehead atoms. The van der Waals surface area contributed by atoms with E-state index in [0.29, 0.717) is 40.1 Å². The van der Waals surface area contributed by atoms with Crippen molar-refractivity contribution in [3.05, 3.63) is 78.1 Å². The number of nitrogens with two attached hydrogens (primary N) is 1. The molecule has 3 aromatic heterocycles. The molecule has 40 heavy (non-hydrogen) atoms. The molecule has 7 rings (SSSR count). The van der Waals surface area contributed by atoms with Crippen LogP contribution in [0.2, 0.25) is 0 Å². The van der Waals surface area contributed by atoms with E-state index in [0.717, 1.165) is 67.1 Å². The molecule has 0 spiro atoms. The van der Waals surface area contributed by atoms with Crippen molar-refractivity contribution in [1.82, 2.24) is 29.2 Å². The Balaban J connectivity index is 1.28. The standard InChI is InChI=1S/C32H34FN7/c1-20-17-26(21-7-4-3-5-8-21)36-28-24(20)9-10-25(27(28)33)29-30-31(34)35-11-14-40(30)32(37-29)22-18-23(19-22)39-13-6-12-38(2)15-16-39/h3-5,7-11,14,17,22-23H,6,12-13,15-16,18-19H2,1-2H3,(H2,34,35). The monoisotopic (exact) mass is 535 g/mol. The number of anilines is 1. The summed E-state index contributed by atoms with van der Waals surface area (Å²) < 4.78 is 18.4. The first-order valence-corrected chi connectivity index (χ1v) is 14.2. The van der Waals surface area contributed by atoms with Crippen molar-refractivity contribution in [2.45, 2.75) is 38.1 Å². The number of halogens is 1. The maximum Gasteiger partial charge on any atom is 0.158 e. The van der Waals surface area contributed by atoms with Crippen molar-refractivity contribution >= 4 is 22.2 Å². The summed E-state index contributed by atoms with van der Waals surface area (Å²) >= 11 is 0. The minimum atomic E-state index is -0.381. The van der Waals surface area contributed by atoms with E-state index in [-0.39, 0.29) is 5.82 Å². The van der Waals surface area contributed by atoms with Gasteiger partial charge in [0.25, 0.3) is 0 Å². The molecular formula is C32H34FN7. The second-order valence-corrected chi connectivity index (χ2v) is 11.4. The summed E-state index contributed by atoms with van der Waals surface area (Å²) in [7, 11) is 2.20. The molecule has 0 radical (unpaired) electrons. The first kappa shape index (κ1) is 25.1. The lowest BCUT2D eigenvalue weighted by molar-refractivity contribution is 0.110. The molecule has 2 N–H and O–H groups in total. The Morgan fingerprint density at radius 2 is 1.80 bits per heavy atom. The van der Waals surface area contributed by atoms with Gasteiger partial charge in [-0.3, -0.25) is 9.30 Å². The Morgan fingerprint density at radius 1 is 0.975 bits per heavy atom. The minimum Gasteiger partial charge on any atom is -0.382 e. The summed E-state index contributed by atoms with van der Waals surface area (Å²) in [5.41, 5.74) is 11.0. The number of aromatic nitrogens is 4. The number of nitrogen functional groups attached to an aromatic ring is 1. The maximum absolute atomic E-state index is 16.4. The number of nitrogens with zero attached hydrogens (tertiary/aromatic N) is 6. The smallest absolute Gasteiger partial charge is 0.158 e. The number of hydrogen-bond acceptors (Lipinski definition) is 6. The molecule has 2 aliphatic rings. The molecule has 8 heteroatoms. The molecule has 0 unspecified atom stereocenters. The van der Waals surface area contributed by atoms with Gasteiger partial charge in [-0.1, -0.05) is 36.4 Å². The highest BCUT2D eigenvalue weighted by Crippen LogP contribution is 2.43. The van der Waals surface area contributed by atoms with Crippen LogP contribution < -0.4 is 5.73 Å². The lowest BCUT2D eigenvalue weighted by Crippen LogP contribution is -2.45. The average molecular weight is 536 g/mol. The minimum absolute atomic E-state index is 0.294. The van der Waals surface area contributed by atoms with E-state index in [1.54, 1.807) is 6.20 Å². The van der Waals surface area contributed by atoms with Gasteiger partial charge in [-0.25, -0.2) is 19.3 Å². The summed E-state index contributed by atoms with van der Waals surface area (Å²) in [5, 5.41) is 0.792. The molecule has 2 fully saturated rings. The molecule has 204 valence electrons. The van der Waals surface area contributed by atoms with E-state index >= 15 is 4.39 Å². The molecule has 4 heterocycles. The zero-order valence-corrected chi connectivity index (χ0v) is 23.0. The van der Waals surface area contributed by atoms with Crippen LogP contribution >= 0.6 is 0 Å². The van der Waals surface area contributed by atoms with Crippen LogP contribution in [0.15, 0.2) is 60.9 Å². The summed E-state index contributed by atoms with van der Waals surface area (Å²) in [4.78, 5) is 19.2. The molecule has 7 nitrogen and oxygen atoms in total. The van der Waals surface area contributed by atoms with Gasteiger partial charge in [0.1, 0.15) is 28.4 Å². The predicted octanol–water partition coefficient (Wildman–Crippen LogP) is 5.52. The summed E-state index contributed by atoms with van der Waals surface area (Å²) in [6.07, 6.45) is 6.90. The lowest BCUT2D eigenvalue weighted by atomic mass is 9.78. The van der Waals surface area contributed by atoms with Crippen molar-refractivity contribution in [1.29, 1.82) is 0 Å². The third-order valence-corrected chi connectivity index (χ3v) is 8.81. The Bertz CT molecular complexity index is 1710. The van der Waals surface area contributed by atoms with E-state index in [4.69, 9.17) is 15.7 Å². The Morgan fingerprint density at radius 3 is 2.62 bits per heavy atom. The third-order valence-electron chi connectivity index (χ3n) is 8.81. The molecule has 0 atom stereocenters. The number of fused-ring (bicyclic) bond motifs is 2. The second kappa shape index (κ2) is 9.94. The fourth-order valence-electron chi connectivity index (χ4n) is 6.46. The normalized spacial score (nSPS) is 20.6. The van der Waals surface area contributed by atoms with E-state index < -0.39 is 0 Å². The lowest BCUT2D eigenvalue weighted by Gasteiger charge is -2.42. The van der Waals surface area contributed by atoms with E-state index in [1.165, 1.54) is 6.42 Å². The van der Waals surface area contributed by atoms with Crippen molar-refractivity contribution in [3.8, 4) is 22.5 Å². The Labute approximate surface area is 233 Å². The fourth-order valence-corrected chi connectivity index (χ4v) is 6.46. The zero-order chi connectivity index (χ0) is 27.4. The van der Waals surface area contributed by atoms with Crippen LogP contribution in [0.3, 0.4) is 0 Å². The number of likely N-dealkylation sites (N-methyl/N-ethyl adjacent to an activating group) is 1. The molecule has 0 amide bonds. The van der Waals surface area contributed by atoms with E-state index in [2.05, 4.69) is 21.8 Å². The topological polar surface area (TPSA) is 75.6 Å². The second-order valence-electron chi connectivity index (χ2n) is 11.4. The predicted molar refractivity (Wildman–Crippen MR) is 158 cm³/mol. The molecule has 2 aromatic carbocycles. The molecule has 1 aliphatic carbocycles. The third kappa shape index (κ3) is 4.22. The van der Waals surface area contributed by atoms with Crippen LogP contribution in [-0.4, -0.2) is 68.4 Å². The highest BCUT2D eigenvalue weighted by molar-refractivity contribution is 5.93. The average Bonchev–Trinajstić information content (AvgIpc) is 3.18. The van der Waals surface area contributed by atoms with Crippen molar-refractivity contribution < 1.29 is 4.39 Å².